The average Bonchev–Trinajstić information content (AvgIpc) is 3.26. The molecular formula is C23H31ClN4O. The number of nitrogens with zero attached hydrogens (tertiary/aromatic N) is 3. The summed E-state index contributed by atoms with van der Waals surface area (Å²) in [6.07, 6.45) is 8.95. The molecule has 0 unspecified atom stereocenters. The van der Waals surface area contributed by atoms with E-state index >= 15 is 0 Å². The Bertz CT molecular complexity index is 829. The van der Waals surface area contributed by atoms with Gasteiger partial charge < -0.3 is 10.2 Å². The summed E-state index contributed by atoms with van der Waals surface area (Å²) in [4.78, 5) is 21.4. The summed E-state index contributed by atoms with van der Waals surface area (Å²) in [5.74, 6) is 1.01. The molecule has 0 bridgehead atoms. The molecule has 29 heavy (non-hydrogen) atoms. The van der Waals surface area contributed by atoms with Crippen molar-refractivity contribution >= 4 is 34.1 Å². The summed E-state index contributed by atoms with van der Waals surface area (Å²) in [5, 5.41) is 4.98. The molecule has 2 aromatic rings. The van der Waals surface area contributed by atoms with Gasteiger partial charge in [0, 0.05) is 68.0 Å². The Labute approximate surface area is 178 Å². The molecule has 6 heteroatoms. The molecule has 1 saturated heterocycles. The molecule has 1 aliphatic heterocycles. The van der Waals surface area contributed by atoms with Crippen molar-refractivity contribution in [3.05, 3.63) is 35.5 Å². The number of carbonyl (C=O) groups excluding carboxylic acids is 1. The van der Waals surface area contributed by atoms with Crippen LogP contribution in [0.4, 0.5) is 5.69 Å². The van der Waals surface area contributed by atoms with Crippen LogP contribution in [-0.4, -0.2) is 55.1 Å². The Kier molecular flexibility index (Phi) is 6.88. The van der Waals surface area contributed by atoms with E-state index in [0.29, 0.717) is 6.42 Å². The minimum atomic E-state index is 0.220. The van der Waals surface area contributed by atoms with E-state index in [-0.39, 0.29) is 5.91 Å². The largest absolute Gasteiger partial charge is 0.368 e. The van der Waals surface area contributed by atoms with Crippen molar-refractivity contribution in [2.75, 3.05) is 44.2 Å². The standard InChI is InChI=1S/C23H31ClN4O/c24-19-6-7-20-21(17-19)25-10-9-22(20)28-15-13-27(14-16-28)12-11-26-23(29)8-5-18-3-1-2-4-18/h6-7,9-10,17-18H,1-5,8,11-16H2,(H,26,29). The van der Waals surface area contributed by atoms with Crippen LogP contribution >= 0.6 is 11.6 Å². The third-order valence-electron chi connectivity index (χ3n) is 6.40. The Balaban J connectivity index is 1.20. The van der Waals surface area contributed by atoms with Gasteiger partial charge in [-0.2, -0.15) is 0 Å². The number of aromatic nitrogens is 1. The van der Waals surface area contributed by atoms with Gasteiger partial charge in [0.1, 0.15) is 0 Å². The Morgan fingerprint density at radius 2 is 1.93 bits per heavy atom. The van der Waals surface area contributed by atoms with Gasteiger partial charge in [-0.25, -0.2) is 0 Å². The number of nitrogens with one attached hydrogen (secondary N) is 1. The van der Waals surface area contributed by atoms with Gasteiger partial charge in [0.2, 0.25) is 5.91 Å². The first-order valence-corrected chi connectivity index (χ1v) is 11.3. The number of halogens is 1. The molecule has 4 rings (SSSR count). The van der Waals surface area contributed by atoms with Crippen LogP contribution in [0.2, 0.25) is 5.02 Å². The quantitative estimate of drug-likeness (QED) is 0.741. The Morgan fingerprint density at radius 1 is 1.14 bits per heavy atom. The molecule has 5 nitrogen and oxygen atoms in total. The van der Waals surface area contributed by atoms with Crippen LogP contribution in [0, 0.1) is 5.92 Å². The maximum absolute atomic E-state index is 12.1. The molecule has 1 aromatic carbocycles. The van der Waals surface area contributed by atoms with Gasteiger partial charge in [0.25, 0.3) is 0 Å². The fourth-order valence-corrected chi connectivity index (χ4v) is 4.84. The van der Waals surface area contributed by atoms with Crippen molar-refractivity contribution in [2.24, 2.45) is 5.92 Å². The Hall–Kier alpha value is -1.85. The van der Waals surface area contributed by atoms with E-state index in [9.17, 15) is 4.79 Å². The zero-order valence-electron chi connectivity index (χ0n) is 17.1. The lowest BCUT2D eigenvalue weighted by atomic mass is 10.0. The molecule has 2 fully saturated rings. The number of piperazine rings is 1. The van der Waals surface area contributed by atoms with E-state index in [2.05, 4.69) is 32.2 Å². The van der Waals surface area contributed by atoms with Crippen molar-refractivity contribution in [2.45, 2.75) is 38.5 Å². The highest BCUT2D eigenvalue weighted by Crippen LogP contribution is 2.29. The van der Waals surface area contributed by atoms with Gasteiger partial charge in [-0.1, -0.05) is 37.3 Å². The average molecular weight is 415 g/mol. The van der Waals surface area contributed by atoms with Crippen LogP contribution in [0.15, 0.2) is 30.5 Å². The maximum atomic E-state index is 12.1. The van der Waals surface area contributed by atoms with Gasteiger partial charge in [-0.05, 0) is 36.6 Å². The highest BCUT2D eigenvalue weighted by molar-refractivity contribution is 6.31. The van der Waals surface area contributed by atoms with E-state index in [0.717, 1.165) is 67.5 Å². The van der Waals surface area contributed by atoms with Crippen molar-refractivity contribution in [1.82, 2.24) is 15.2 Å². The number of fused-ring (bicyclic) bond motifs is 1. The highest BCUT2D eigenvalue weighted by atomic mass is 35.5. The summed E-state index contributed by atoms with van der Waals surface area (Å²) >= 11 is 6.11. The smallest absolute Gasteiger partial charge is 0.220 e. The van der Waals surface area contributed by atoms with E-state index < -0.39 is 0 Å². The highest BCUT2D eigenvalue weighted by Gasteiger charge is 2.19. The summed E-state index contributed by atoms with van der Waals surface area (Å²) in [7, 11) is 0. The second kappa shape index (κ2) is 9.77. The molecule has 0 radical (unpaired) electrons. The number of pyridine rings is 1. The van der Waals surface area contributed by atoms with Crippen LogP contribution in [0.1, 0.15) is 38.5 Å². The topological polar surface area (TPSA) is 48.5 Å². The van der Waals surface area contributed by atoms with Gasteiger partial charge in [0.05, 0.1) is 5.52 Å². The van der Waals surface area contributed by atoms with Gasteiger partial charge >= 0.3 is 0 Å². The molecule has 2 heterocycles. The summed E-state index contributed by atoms with van der Waals surface area (Å²) in [5.41, 5.74) is 2.17. The van der Waals surface area contributed by atoms with E-state index in [4.69, 9.17) is 11.6 Å². The number of hydrogen-bond donors (Lipinski definition) is 1. The molecule has 0 spiro atoms. The molecule has 156 valence electrons. The number of hydrogen-bond acceptors (Lipinski definition) is 4. The van der Waals surface area contributed by atoms with Crippen LogP contribution in [0.3, 0.4) is 0 Å². The number of rotatable bonds is 7. The fraction of sp³-hybridized carbons (Fsp3) is 0.565. The lowest BCUT2D eigenvalue weighted by Crippen LogP contribution is -2.48. The third-order valence-corrected chi connectivity index (χ3v) is 6.63. The van der Waals surface area contributed by atoms with Crippen molar-refractivity contribution < 1.29 is 4.79 Å². The zero-order valence-corrected chi connectivity index (χ0v) is 17.8. The number of anilines is 1. The molecular weight excluding hydrogens is 384 g/mol. The predicted octanol–water partition coefficient (Wildman–Crippen LogP) is 4.10. The number of benzene rings is 1. The molecule has 0 atom stereocenters. The predicted molar refractivity (Wildman–Crippen MR) is 120 cm³/mol. The molecule has 1 N–H and O–H groups in total. The molecule has 1 saturated carbocycles. The minimum Gasteiger partial charge on any atom is -0.368 e. The molecule has 1 aliphatic carbocycles. The van der Waals surface area contributed by atoms with Crippen LogP contribution in [0.5, 0.6) is 0 Å². The van der Waals surface area contributed by atoms with Crippen LogP contribution in [0.25, 0.3) is 10.9 Å². The van der Waals surface area contributed by atoms with Gasteiger partial charge in [-0.3, -0.25) is 14.7 Å². The van der Waals surface area contributed by atoms with Crippen molar-refractivity contribution in [1.29, 1.82) is 0 Å². The monoisotopic (exact) mass is 414 g/mol. The second-order valence-corrected chi connectivity index (χ2v) is 8.80. The van der Waals surface area contributed by atoms with E-state index in [1.54, 1.807) is 0 Å². The first-order valence-electron chi connectivity index (χ1n) is 11.0. The maximum Gasteiger partial charge on any atom is 0.220 e. The molecule has 1 aromatic heterocycles. The second-order valence-electron chi connectivity index (χ2n) is 8.36. The normalized spacial score (nSPS) is 18.4. The summed E-state index contributed by atoms with van der Waals surface area (Å²) < 4.78 is 0. The molecule has 1 amide bonds. The lowest BCUT2D eigenvalue weighted by molar-refractivity contribution is -0.121. The van der Waals surface area contributed by atoms with Gasteiger partial charge in [-0.15, -0.1) is 0 Å². The SMILES string of the molecule is O=C(CCC1CCCC1)NCCN1CCN(c2ccnc3cc(Cl)ccc23)CC1. The van der Waals surface area contributed by atoms with Crippen molar-refractivity contribution in [3.63, 3.8) is 0 Å². The van der Waals surface area contributed by atoms with Crippen LogP contribution < -0.4 is 10.2 Å². The van der Waals surface area contributed by atoms with E-state index in [1.807, 2.05) is 18.3 Å². The third kappa shape index (κ3) is 5.40. The van der Waals surface area contributed by atoms with E-state index in [1.165, 1.54) is 31.4 Å². The summed E-state index contributed by atoms with van der Waals surface area (Å²) in [6.45, 7) is 5.66. The zero-order chi connectivity index (χ0) is 20.1. The minimum absolute atomic E-state index is 0.220. The molecule has 2 aliphatic rings. The van der Waals surface area contributed by atoms with Crippen molar-refractivity contribution in [3.8, 4) is 0 Å². The number of carbonyl (C=O) groups is 1. The van der Waals surface area contributed by atoms with Gasteiger partial charge in [0.15, 0.2) is 0 Å². The summed E-state index contributed by atoms with van der Waals surface area (Å²) in [6, 6.07) is 8.01. The first-order chi connectivity index (χ1) is 14.2. The lowest BCUT2D eigenvalue weighted by Gasteiger charge is -2.36. The fourth-order valence-electron chi connectivity index (χ4n) is 4.67. The first kappa shape index (κ1) is 20.4. The van der Waals surface area contributed by atoms with Crippen LogP contribution in [-0.2, 0) is 4.79 Å². The number of amides is 1. The Morgan fingerprint density at radius 3 is 2.72 bits per heavy atom.